The molecule has 2 aliphatic heterocycles. The molecule has 5 rings (SSSR count). The lowest BCUT2D eigenvalue weighted by Gasteiger charge is -2.42. The zero-order valence-electron chi connectivity index (χ0n) is 17.9. The maximum absolute atomic E-state index is 12.9. The molecule has 4 heterocycles. The third kappa shape index (κ3) is 4.20. The first-order valence-corrected chi connectivity index (χ1v) is 11.7. The number of amides is 1. The van der Waals surface area contributed by atoms with E-state index >= 15 is 0 Å². The number of nitrogens with zero attached hydrogens (tertiary/aromatic N) is 3. The van der Waals surface area contributed by atoms with E-state index in [2.05, 4.69) is 20.4 Å². The van der Waals surface area contributed by atoms with Crippen molar-refractivity contribution >= 4 is 29.6 Å². The van der Waals surface area contributed by atoms with Crippen LogP contribution in [0.4, 0.5) is 0 Å². The quantitative estimate of drug-likeness (QED) is 0.500. The minimum absolute atomic E-state index is 0.0351. The number of hydrogen-bond acceptors (Lipinski definition) is 8. The third-order valence-corrected chi connectivity index (χ3v) is 7.36. The molecule has 3 aliphatic rings. The van der Waals surface area contributed by atoms with Gasteiger partial charge >= 0.3 is 0 Å². The highest BCUT2D eigenvalue weighted by Crippen LogP contribution is 2.39. The number of halogens is 1. The molecular weight excluding hydrogens is 448 g/mol. The monoisotopic (exact) mass is 472 g/mol. The van der Waals surface area contributed by atoms with E-state index in [-0.39, 0.29) is 47.6 Å². The molecule has 2 aromatic rings. The van der Waals surface area contributed by atoms with Gasteiger partial charge in [-0.25, -0.2) is 0 Å². The smallest absolute Gasteiger partial charge is 0.287 e. The minimum atomic E-state index is -0.704. The average Bonchev–Trinajstić information content (AvgIpc) is 3.56. The van der Waals surface area contributed by atoms with Crippen LogP contribution in [0.25, 0.3) is 11.3 Å². The second kappa shape index (κ2) is 9.32. The Labute approximate surface area is 195 Å². The Morgan fingerprint density at radius 2 is 2.09 bits per heavy atom. The van der Waals surface area contributed by atoms with Gasteiger partial charge in [0.1, 0.15) is 18.7 Å². The standard InChI is InChI=1S/C23H25ClN4O5/c24-15-10-28(21-18(30)12-32-22(15)21)17-4-2-1-3-14(17)16(11-29)27-23(31)20-6-5-19(33-20)13-7-8-25-26-9-13/h5-9,11,14-17,21-22H,1-4,10,12H2,(H,27,31)/t14?,15-,16?,17-,21+,22+/m0/s1. The summed E-state index contributed by atoms with van der Waals surface area (Å²) in [5, 5.41) is 10.1. The van der Waals surface area contributed by atoms with Crippen LogP contribution >= 0.6 is 11.6 Å². The van der Waals surface area contributed by atoms with E-state index in [0.29, 0.717) is 17.9 Å². The van der Waals surface area contributed by atoms with E-state index in [1.807, 2.05) is 0 Å². The van der Waals surface area contributed by atoms with Crippen LogP contribution in [0.1, 0.15) is 36.2 Å². The predicted molar refractivity (Wildman–Crippen MR) is 118 cm³/mol. The number of likely N-dealkylation sites (tertiary alicyclic amines) is 1. The number of carbonyl (C=O) groups excluding carboxylic acids is 3. The van der Waals surface area contributed by atoms with Gasteiger partial charge in [-0.05, 0) is 31.0 Å². The summed E-state index contributed by atoms with van der Waals surface area (Å²) in [6.07, 6.45) is 7.13. The first-order valence-electron chi connectivity index (χ1n) is 11.2. The summed E-state index contributed by atoms with van der Waals surface area (Å²) < 4.78 is 11.3. The van der Waals surface area contributed by atoms with Crippen molar-refractivity contribution < 1.29 is 23.5 Å². The number of ketones is 1. The van der Waals surface area contributed by atoms with Crippen LogP contribution in [0.2, 0.25) is 0 Å². The molecule has 0 radical (unpaired) electrons. The number of ether oxygens (including phenoxy) is 1. The fourth-order valence-corrected chi connectivity index (χ4v) is 5.83. The van der Waals surface area contributed by atoms with Crippen molar-refractivity contribution in [1.82, 2.24) is 20.4 Å². The van der Waals surface area contributed by atoms with E-state index in [0.717, 1.165) is 32.0 Å². The van der Waals surface area contributed by atoms with Crippen LogP contribution in [0, 0.1) is 5.92 Å². The number of aromatic nitrogens is 2. The number of aldehydes is 1. The summed E-state index contributed by atoms with van der Waals surface area (Å²) in [7, 11) is 0. The number of fused-ring (bicyclic) bond motifs is 1. The normalized spacial score (nSPS) is 30.7. The fraction of sp³-hybridized carbons (Fsp3) is 0.522. The Morgan fingerprint density at radius 3 is 2.88 bits per heavy atom. The third-order valence-electron chi connectivity index (χ3n) is 6.97. The molecular formula is C23H25ClN4O5. The largest absolute Gasteiger partial charge is 0.451 e. The highest BCUT2D eigenvalue weighted by molar-refractivity contribution is 6.22. The van der Waals surface area contributed by atoms with Gasteiger partial charge < -0.3 is 19.3 Å². The number of alkyl halides is 1. The Balaban J connectivity index is 1.32. The predicted octanol–water partition coefficient (Wildman–Crippen LogP) is 1.85. The minimum Gasteiger partial charge on any atom is -0.451 e. The SMILES string of the molecule is O=CC(NC(=O)c1ccc(-c2ccnnc2)o1)C1CCCC[C@@H]1N1C[C@H](Cl)[C@H]2OCC(=O)[C@H]21. The number of Topliss-reactive ketones (excluding diaryl/α,β-unsaturated/α-hetero) is 1. The Morgan fingerprint density at radius 1 is 1.24 bits per heavy atom. The van der Waals surface area contributed by atoms with E-state index < -0.39 is 11.9 Å². The summed E-state index contributed by atoms with van der Waals surface area (Å²) in [5.74, 6) is 0.0501. The van der Waals surface area contributed by atoms with Crippen molar-refractivity contribution in [2.45, 2.75) is 55.3 Å². The van der Waals surface area contributed by atoms with Crippen LogP contribution in [0.3, 0.4) is 0 Å². The number of rotatable bonds is 6. The average molecular weight is 473 g/mol. The molecule has 33 heavy (non-hydrogen) atoms. The van der Waals surface area contributed by atoms with Gasteiger partial charge in [0.25, 0.3) is 5.91 Å². The lowest BCUT2D eigenvalue weighted by molar-refractivity contribution is -0.122. The lowest BCUT2D eigenvalue weighted by Crippen LogP contribution is -2.55. The molecule has 2 unspecified atom stereocenters. The fourth-order valence-electron chi connectivity index (χ4n) is 5.46. The van der Waals surface area contributed by atoms with Crippen LogP contribution in [-0.2, 0) is 14.3 Å². The summed E-state index contributed by atoms with van der Waals surface area (Å²) >= 11 is 6.49. The summed E-state index contributed by atoms with van der Waals surface area (Å²) in [6.45, 7) is 0.610. The van der Waals surface area contributed by atoms with Crippen LogP contribution in [0.5, 0.6) is 0 Å². The summed E-state index contributed by atoms with van der Waals surface area (Å²) in [5.41, 5.74) is 0.700. The van der Waals surface area contributed by atoms with Gasteiger partial charge in [0, 0.05) is 24.1 Å². The molecule has 1 N–H and O–H groups in total. The second-order valence-corrected chi connectivity index (χ2v) is 9.41. The van der Waals surface area contributed by atoms with E-state index in [4.69, 9.17) is 20.8 Å². The Bertz CT molecular complexity index is 1030. The molecule has 1 amide bonds. The maximum Gasteiger partial charge on any atom is 0.287 e. The topological polar surface area (TPSA) is 115 Å². The highest BCUT2D eigenvalue weighted by Gasteiger charge is 2.53. The van der Waals surface area contributed by atoms with Gasteiger partial charge in [0.05, 0.1) is 36.0 Å². The van der Waals surface area contributed by atoms with Gasteiger partial charge in [-0.1, -0.05) is 12.8 Å². The highest BCUT2D eigenvalue weighted by atomic mass is 35.5. The molecule has 0 bridgehead atoms. The Hall–Kier alpha value is -2.62. The van der Waals surface area contributed by atoms with E-state index in [1.54, 1.807) is 24.4 Å². The van der Waals surface area contributed by atoms with Gasteiger partial charge in [-0.15, -0.1) is 11.6 Å². The lowest BCUT2D eigenvalue weighted by atomic mass is 9.78. The van der Waals surface area contributed by atoms with Crippen molar-refractivity contribution in [3.63, 3.8) is 0 Å². The van der Waals surface area contributed by atoms with Crippen molar-refractivity contribution in [3.8, 4) is 11.3 Å². The zero-order valence-corrected chi connectivity index (χ0v) is 18.7. The molecule has 2 saturated heterocycles. The molecule has 0 spiro atoms. The van der Waals surface area contributed by atoms with Crippen LogP contribution < -0.4 is 5.32 Å². The number of nitrogens with one attached hydrogen (secondary N) is 1. The van der Waals surface area contributed by atoms with Crippen molar-refractivity contribution in [3.05, 3.63) is 36.4 Å². The van der Waals surface area contributed by atoms with Gasteiger partial charge in [0.2, 0.25) is 0 Å². The van der Waals surface area contributed by atoms with Gasteiger partial charge in [-0.2, -0.15) is 10.2 Å². The Kier molecular flexibility index (Phi) is 6.27. The molecule has 3 fully saturated rings. The van der Waals surface area contributed by atoms with Crippen LogP contribution in [0.15, 0.2) is 35.0 Å². The molecule has 10 heteroatoms. The number of carbonyl (C=O) groups is 3. The first-order chi connectivity index (χ1) is 16.1. The number of hydrogen-bond donors (Lipinski definition) is 1. The van der Waals surface area contributed by atoms with Crippen molar-refractivity contribution in [2.24, 2.45) is 5.92 Å². The van der Waals surface area contributed by atoms with Crippen molar-refractivity contribution in [2.75, 3.05) is 13.2 Å². The summed E-state index contributed by atoms with van der Waals surface area (Å²) in [4.78, 5) is 39.6. The van der Waals surface area contributed by atoms with Crippen LogP contribution in [-0.4, -0.2) is 75.8 Å². The van der Waals surface area contributed by atoms with Gasteiger partial charge in [-0.3, -0.25) is 14.5 Å². The second-order valence-electron chi connectivity index (χ2n) is 8.85. The van der Waals surface area contributed by atoms with E-state index in [1.165, 1.54) is 6.20 Å². The molecule has 0 aromatic carbocycles. The summed E-state index contributed by atoms with van der Waals surface area (Å²) in [6, 6.07) is 3.87. The van der Waals surface area contributed by atoms with Gasteiger partial charge in [0.15, 0.2) is 11.5 Å². The first kappa shape index (κ1) is 22.2. The molecule has 2 aromatic heterocycles. The molecule has 1 aliphatic carbocycles. The zero-order chi connectivity index (χ0) is 22.9. The molecule has 6 atom stereocenters. The van der Waals surface area contributed by atoms with Crippen molar-refractivity contribution in [1.29, 1.82) is 0 Å². The molecule has 9 nitrogen and oxygen atoms in total. The maximum atomic E-state index is 12.9. The number of furan rings is 1. The molecule has 174 valence electrons. The molecule has 1 saturated carbocycles. The van der Waals surface area contributed by atoms with E-state index in [9.17, 15) is 14.4 Å².